The zero-order valence-electron chi connectivity index (χ0n) is 32.1. The predicted molar refractivity (Wildman–Crippen MR) is 234 cm³/mol. The summed E-state index contributed by atoms with van der Waals surface area (Å²) in [5, 5.41) is 4.64. The molecule has 56 heavy (non-hydrogen) atoms. The highest BCUT2D eigenvalue weighted by Gasteiger charge is 2.45. The molecule has 0 fully saturated rings. The maximum absolute atomic E-state index is 5.18. The Morgan fingerprint density at radius 3 is 1.43 bits per heavy atom. The van der Waals surface area contributed by atoms with E-state index in [9.17, 15) is 0 Å². The summed E-state index contributed by atoms with van der Waals surface area (Å²) >= 11 is 0. The van der Waals surface area contributed by atoms with E-state index in [1.54, 1.807) is 0 Å². The van der Waals surface area contributed by atoms with Crippen LogP contribution in [0.15, 0.2) is 176 Å². The second kappa shape index (κ2) is 13.0. The van der Waals surface area contributed by atoms with Gasteiger partial charge in [-0.15, -0.1) is 0 Å². The molecule has 0 aliphatic heterocycles. The number of rotatable bonds is 5. The van der Waals surface area contributed by atoms with Gasteiger partial charge in [0.05, 0.1) is 0 Å². The molecule has 3 nitrogen and oxygen atoms in total. The highest BCUT2D eigenvalue weighted by molar-refractivity contribution is 5.91. The first-order chi connectivity index (χ1) is 27.2. The number of hydrogen-bond donors (Lipinski definition) is 0. The SMILES string of the molecule is CC1(C)c2ccccc2-c2ccc(-c3cccc(-c4nc(-c5ccc6ccccc6c5)nc(-c5ccc6cc(-c7ccccc7)ccc6c5)n4)c3)cc2C1(C)C. The highest BCUT2D eigenvalue weighted by Crippen LogP contribution is 2.54. The van der Waals surface area contributed by atoms with Crippen LogP contribution >= 0.6 is 0 Å². The lowest BCUT2D eigenvalue weighted by Gasteiger charge is -2.48. The molecule has 1 aromatic heterocycles. The van der Waals surface area contributed by atoms with E-state index in [1.165, 1.54) is 49.7 Å². The summed E-state index contributed by atoms with van der Waals surface area (Å²) in [7, 11) is 0. The van der Waals surface area contributed by atoms with Crippen molar-refractivity contribution < 1.29 is 0 Å². The van der Waals surface area contributed by atoms with Gasteiger partial charge >= 0.3 is 0 Å². The Kier molecular flexibility index (Phi) is 7.83. The monoisotopic (exact) mass is 719 g/mol. The molecule has 3 heteroatoms. The van der Waals surface area contributed by atoms with Crippen molar-refractivity contribution in [3.63, 3.8) is 0 Å². The predicted octanol–water partition coefficient (Wildman–Crippen LogP) is 13.7. The molecule has 0 saturated heterocycles. The van der Waals surface area contributed by atoms with Crippen LogP contribution in [-0.2, 0) is 10.8 Å². The minimum Gasteiger partial charge on any atom is -0.208 e. The summed E-state index contributed by atoms with van der Waals surface area (Å²) in [5.41, 5.74) is 12.9. The Balaban J connectivity index is 1.09. The molecule has 0 radical (unpaired) electrons. The number of fused-ring (bicyclic) bond motifs is 5. The van der Waals surface area contributed by atoms with E-state index in [1.807, 2.05) is 0 Å². The summed E-state index contributed by atoms with van der Waals surface area (Å²) < 4.78 is 0. The molecule has 8 aromatic carbocycles. The molecule has 0 N–H and O–H groups in total. The van der Waals surface area contributed by atoms with Crippen molar-refractivity contribution in [1.82, 2.24) is 15.0 Å². The highest BCUT2D eigenvalue weighted by atomic mass is 15.0. The van der Waals surface area contributed by atoms with Crippen LogP contribution in [0.3, 0.4) is 0 Å². The maximum Gasteiger partial charge on any atom is 0.164 e. The van der Waals surface area contributed by atoms with E-state index in [2.05, 4.69) is 204 Å². The molecule has 0 unspecified atom stereocenters. The third-order valence-electron chi connectivity index (χ3n) is 12.4. The average molecular weight is 720 g/mol. The minimum absolute atomic E-state index is 0.0372. The van der Waals surface area contributed by atoms with Crippen LogP contribution in [0.5, 0.6) is 0 Å². The van der Waals surface area contributed by atoms with E-state index < -0.39 is 0 Å². The van der Waals surface area contributed by atoms with Crippen LogP contribution in [0.1, 0.15) is 38.8 Å². The third kappa shape index (κ3) is 5.62. The third-order valence-corrected chi connectivity index (χ3v) is 12.4. The van der Waals surface area contributed by atoms with Crippen LogP contribution in [-0.4, -0.2) is 15.0 Å². The molecule has 1 heterocycles. The Bertz CT molecular complexity index is 2980. The van der Waals surface area contributed by atoms with Gasteiger partial charge in [0, 0.05) is 16.7 Å². The van der Waals surface area contributed by atoms with E-state index in [0.717, 1.165) is 33.0 Å². The molecule has 0 amide bonds. The minimum atomic E-state index is -0.0782. The summed E-state index contributed by atoms with van der Waals surface area (Å²) in [6.45, 7) is 9.53. The van der Waals surface area contributed by atoms with Gasteiger partial charge in [-0.25, -0.2) is 15.0 Å². The van der Waals surface area contributed by atoms with Crippen LogP contribution in [0.2, 0.25) is 0 Å². The number of benzene rings is 8. The van der Waals surface area contributed by atoms with Crippen LogP contribution in [0, 0.1) is 0 Å². The topological polar surface area (TPSA) is 38.7 Å². The fourth-order valence-corrected chi connectivity index (χ4v) is 8.54. The molecule has 1 aliphatic carbocycles. The van der Waals surface area contributed by atoms with Gasteiger partial charge in [0.15, 0.2) is 17.5 Å². The van der Waals surface area contributed by atoms with Gasteiger partial charge in [-0.1, -0.05) is 173 Å². The molecule has 1 aliphatic rings. The first kappa shape index (κ1) is 33.8. The largest absolute Gasteiger partial charge is 0.208 e. The number of hydrogen-bond acceptors (Lipinski definition) is 3. The van der Waals surface area contributed by atoms with Gasteiger partial charge < -0.3 is 0 Å². The van der Waals surface area contributed by atoms with Crippen molar-refractivity contribution in [2.24, 2.45) is 0 Å². The quantitative estimate of drug-likeness (QED) is 0.178. The Hall–Kier alpha value is -6.71. The first-order valence-corrected chi connectivity index (χ1v) is 19.4. The van der Waals surface area contributed by atoms with Crippen molar-refractivity contribution >= 4 is 21.5 Å². The van der Waals surface area contributed by atoms with Crippen molar-refractivity contribution in [3.8, 4) is 67.5 Å². The summed E-state index contributed by atoms with van der Waals surface area (Å²) in [5.74, 6) is 1.94. The maximum atomic E-state index is 5.18. The molecule has 10 rings (SSSR count). The normalized spacial score (nSPS) is 14.0. The Labute approximate surface area is 328 Å². The second-order valence-corrected chi connectivity index (χ2v) is 16.1. The van der Waals surface area contributed by atoms with E-state index in [0.29, 0.717) is 17.5 Å². The van der Waals surface area contributed by atoms with Gasteiger partial charge in [0.1, 0.15) is 0 Å². The van der Waals surface area contributed by atoms with Gasteiger partial charge in [-0.3, -0.25) is 0 Å². The van der Waals surface area contributed by atoms with Crippen LogP contribution < -0.4 is 0 Å². The van der Waals surface area contributed by atoms with Gasteiger partial charge in [-0.2, -0.15) is 0 Å². The zero-order chi connectivity index (χ0) is 38.0. The second-order valence-electron chi connectivity index (χ2n) is 16.1. The van der Waals surface area contributed by atoms with E-state index >= 15 is 0 Å². The van der Waals surface area contributed by atoms with Crippen LogP contribution in [0.25, 0.3) is 89.1 Å². The zero-order valence-corrected chi connectivity index (χ0v) is 32.1. The first-order valence-electron chi connectivity index (χ1n) is 19.4. The molecule has 0 saturated carbocycles. The Morgan fingerprint density at radius 2 is 0.714 bits per heavy atom. The van der Waals surface area contributed by atoms with Gasteiger partial charge in [0.25, 0.3) is 0 Å². The molecular formula is C53H41N3. The van der Waals surface area contributed by atoms with Crippen molar-refractivity contribution in [3.05, 3.63) is 187 Å². The fraction of sp³-hybridized carbons (Fsp3) is 0.113. The molecule has 0 atom stereocenters. The lowest BCUT2D eigenvalue weighted by atomic mass is 9.55. The van der Waals surface area contributed by atoms with Crippen molar-refractivity contribution in [2.45, 2.75) is 38.5 Å². The molecular weight excluding hydrogens is 679 g/mol. The summed E-state index contributed by atoms with van der Waals surface area (Å²) in [4.78, 5) is 15.5. The van der Waals surface area contributed by atoms with Crippen LogP contribution in [0.4, 0.5) is 0 Å². The van der Waals surface area contributed by atoms with E-state index in [-0.39, 0.29) is 10.8 Å². The summed E-state index contributed by atoms with van der Waals surface area (Å²) in [6.07, 6.45) is 0. The number of nitrogens with zero attached hydrogens (tertiary/aromatic N) is 3. The standard InChI is InChI=1S/C53H41N3/c1-52(2)47-20-11-10-19-45(47)46-28-27-41(33-48(46)53(52,3)4)37-17-12-18-42(31-37)49-54-50(43-25-21-35-15-8-9-16-36(35)30-43)56-51(55-49)44-26-24-39-29-38(22-23-40(39)32-44)34-13-6-5-7-14-34/h5-33H,1-4H3. The molecule has 268 valence electrons. The smallest absolute Gasteiger partial charge is 0.164 e. The molecule has 0 bridgehead atoms. The summed E-state index contributed by atoms with van der Waals surface area (Å²) in [6, 6.07) is 63.0. The lowest BCUT2D eigenvalue weighted by molar-refractivity contribution is 0.299. The van der Waals surface area contributed by atoms with Crippen molar-refractivity contribution in [2.75, 3.05) is 0 Å². The van der Waals surface area contributed by atoms with Gasteiger partial charge in [-0.05, 0) is 107 Å². The van der Waals surface area contributed by atoms with Gasteiger partial charge in [0.2, 0.25) is 0 Å². The number of aromatic nitrogens is 3. The van der Waals surface area contributed by atoms with Crippen molar-refractivity contribution in [1.29, 1.82) is 0 Å². The molecule has 9 aromatic rings. The average Bonchev–Trinajstić information content (AvgIpc) is 3.25. The Morgan fingerprint density at radius 1 is 0.286 bits per heavy atom. The fourth-order valence-electron chi connectivity index (χ4n) is 8.54. The lowest BCUT2D eigenvalue weighted by Crippen LogP contribution is -2.43. The molecule has 0 spiro atoms. The van der Waals surface area contributed by atoms with E-state index in [4.69, 9.17) is 15.0 Å².